The molecule has 4 nitrogen and oxygen atoms in total. The van der Waals surface area contributed by atoms with Crippen LogP contribution in [0.15, 0.2) is 42.5 Å². The van der Waals surface area contributed by atoms with Gasteiger partial charge in [-0.2, -0.15) is 18.4 Å². The molecule has 0 radical (unpaired) electrons. The average molecular weight is 405 g/mol. The first-order valence-corrected chi connectivity index (χ1v) is 9.15. The molecule has 1 aliphatic carbocycles. The number of nitrogens with zero attached hydrogens (tertiary/aromatic N) is 2. The normalized spacial score (nSPS) is 13.8. The number of hydrogen-bond acceptors (Lipinski definition) is 3. The van der Waals surface area contributed by atoms with Crippen LogP contribution in [0, 0.1) is 23.1 Å². The predicted octanol–water partition coefficient (Wildman–Crippen LogP) is 4.25. The number of benzene rings is 2. The highest BCUT2D eigenvalue weighted by atomic mass is 19.4. The molecule has 152 valence electrons. The number of hydrogen-bond donors (Lipinski definition) is 1. The van der Waals surface area contributed by atoms with Gasteiger partial charge in [-0.15, -0.1) is 0 Å². The molecule has 0 aliphatic heterocycles. The number of nitrogens with one attached hydrogen (secondary N) is 1. The van der Waals surface area contributed by atoms with Crippen molar-refractivity contribution in [3.8, 4) is 6.07 Å². The van der Waals surface area contributed by atoms with Crippen LogP contribution in [0.3, 0.4) is 0 Å². The fraction of sp³-hybridized carbons (Fsp3) is 0.333. The van der Waals surface area contributed by atoms with Gasteiger partial charge in [0.25, 0.3) is 0 Å². The maximum absolute atomic E-state index is 13.3. The molecule has 1 saturated carbocycles. The third kappa shape index (κ3) is 5.55. The van der Waals surface area contributed by atoms with Crippen molar-refractivity contribution < 1.29 is 22.4 Å². The van der Waals surface area contributed by atoms with Gasteiger partial charge in [-0.05, 0) is 61.2 Å². The van der Waals surface area contributed by atoms with E-state index >= 15 is 0 Å². The molecule has 0 saturated heterocycles. The van der Waals surface area contributed by atoms with Crippen LogP contribution in [0.5, 0.6) is 0 Å². The summed E-state index contributed by atoms with van der Waals surface area (Å²) in [4.78, 5) is 14.0. The molecule has 2 aromatic rings. The lowest BCUT2D eigenvalue weighted by Gasteiger charge is -2.24. The Labute approximate surface area is 165 Å². The van der Waals surface area contributed by atoms with Crippen LogP contribution >= 0.6 is 0 Å². The molecular weight excluding hydrogens is 386 g/mol. The highest BCUT2D eigenvalue weighted by Crippen LogP contribution is 2.35. The molecule has 1 fully saturated rings. The molecule has 0 atom stereocenters. The minimum absolute atomic E-state index is 0.0204. The zero-order valence-corrected chi connectivity index (χ0v) is 15.5. The Morgan fingerprint density at radius 2 is 1.86 bits per heavy atom. The summed E-state index contributed by atoms with van der Waals surface area (Å²) >= 11 is 0. The summed E-state index contributed by atoms with van der Waals surface area (Å²) in [5, 5.41) is 12.0. The molecule has 1 amide bonds. The second-order valence-corrected chi connectivity index (χ2v) is 7.02. The number of halogens is 4. The standard InChI is InChI=1S/C21H19F4N3O/c22-17-6-3-15(4-7-17)13-28(20(29)12-27-11-14-1-2-14)18-8-5-16(10-26)19(9-18)21(23,24)25/h3-9,14,27H,1-2,11-13H2. The maximum Gasteiger partial charge on any atom is 0.417 e. The summed E-state index contributed by atoms with van der Waals surface area (Å²) in [7, 11) is 0. The molecular formula is C21H19F4N3O. The van der Waals surface area contributed by atoms with Crippen molar-refractivity contribution in [3.05, 3.63) is 65.0 Å². The zero-order valence-electron chi connectivity index (χ0n) is 15.5. The lowest BCUT2D eigenvalue weighted by molar-refractivity contribution is -0.137. The molecule has 0 aromatic heterocycles. The molecule has 0 spiro atoms. The van der Waals surface area contributed by atoms with Crippen molar-refractivity contribution in [2.45, 2.75) is 25.6 Å². The second-order valence-electron chi connectivity index (χ2n) is 7.02. The number of rotatable bonds is 7. The number of nitriles is 1. The van der Waals surface area contributed by atoms with Gasteiger partial charge in [0.05, 0.1) is 30.3 Å². The highest BCUT2D eigenvalue weighted by molar-refractivity contribution is 5.95. The Hall–Kier alpha value is -2.92. The molecule has 2 aromatic carbocycles. The van der Waals surface area contributed by atoms with E-state index in [9.17, 15) is 22.4 Å². The van der Waals surface area contributed by atoms with Crippen molar-refractivity contribution >= 4 is 11.6 Å². The topological polar surface area (TPSA) is 56.1 Å². The first-order valence-electron chi connectivity index (χ1n) is 9.15. The fourth-order valence-electron chi connectivity index (χ4n) is 2.93. The Morgan fingerprint density at radius 3 is 2.45 bits per heavy atom. The number of alkyl halides is 3. The average Bonchev–Trinajstić information content (AvgIpc) is 3.50. The molecule has 0 bridgehead atoms. The van der Waals surface area contributed by atoms with E-state index in [1.54, 1.807) is 0 Å². The third-order valence-corrected chi connectivity index (χ3v) is 4.70. The summed E-state index contributed by atoms with van der Waals surface area (Å²) in [5.41, 5.74) is -1.01. The summed E-state index contributed by atoms with van der Waals surface area (Å²) in [5.74, 6) is -0.316. The number of anilines is 1. The van der Waals surface area contributed by atoms with Gasteiger partial charge in [-0.1, -0.05) is 12.1 Å². The van der Waals surface area contributed by atoms with Gasteiger partial charge >= 0.3 is 6.18 Å². The first kappa shape index (κ1) is 20.8. The largest absolute Gasteiger partial charge is 0.417 e. The summed E-state index contributed by atoms with van der Waals surface area (Å²) < 4.78 is 53.2. The van der Waals surface area contributed by atoms with Gasteiger partial charge in [0.15, 0.2) is 0 Å². The van der Waals surface area contributed by atoms with Gasteiger partial charge in [-0.25, -0.2) is 4.39 Å². The predicted molar refractivity (Wildman–Crippen MR) is 99.3 cm³/mol. The molecule has 1 N–H and O–H groups in total. The van der Waals surface area contributed by atoms with E-state index in [1.807, 2.05) is 0 Å². The summed E-state index contributed by atoms with van der Waals surface area (Å²) in [6.07, 6.45) is -2.52. The number of amides is 1. The molecule has 3 rings (SSSR count). The summed E-state index contributed by atoms with van der Waals surface area (Å²) in [6, 6.07) is 10.1. The Morgan fingerprint density at radius 1 is 1.17 bits per heavy atom. The Balaban J connectivity index is 1.89. The first-order chi connectivity index (χ1) is 13.8. The van der Waals surface area contributed by atoms with Gasteiger partial charge in [0.2, 0.25) is 5.91 Å². The molecule has 8 heteroatoms. The van der Waals surface area contributed by atoms with E-state index in [2.05, 4.69) is 5.32 Å². The monoisotopic (exact) mass is 405 g/mol. The molecule has 0 heterocycles. The lowest BCUT2D eigenvalue weighted by Crippen LogP contribution is -2.38. The summed E-state index contributed by atoms with van der Waals surface area (Å²) in [6.45, 7) is 0.629. The van der Waals surface area contributed by atoms with E-state index in [-0.39, 0.29) is 18.8 Å². The highest BCUT2D eigenvalue weighted by Gasteiger charge is 2.34. The van der Waals surface area contributed by atoms with E-state index < -0.39 is 29.0 Å². The van der Waals surface area contributed by atoms with Crippen molar-refractivity contribution in [2.75, 3.05) is 18.0 Å². The Kier molecular flexibility index (Phi) is 6.18. The molecule has 0 unspecified atom stereocenters. The fourth-order valence-corrected chi connectivity index (χ4v) is 2.93. The van der Waals surface area contributed by atoms with Gasteiger partial charge < -0.3 is 10.2 Å². The van der Waals surface area contributed by atoms with Crippen LogP contribution < -0.4 is 10.2 Å². The smallest absolute Gasteiger partial charge is 0.308 e. The molecule has 29 heavy (non-hydrogen) atoms. The van der Waals surface area contributed by atoms with Gasteiger partial charge in [0.1, 0.15) is 5.82 Å². The van der Waals surface area contributed by atoms with E-state index in [0.717, 1.165) is 25.0 Å². The third-order valence-electron chi connectivity index (χ3n) is 4.70. The van der Waals surface area contributed by atoms with Crippen LogP contribution in [-0.4, -0.2) is 19.0 Å². The van der Waals surface area contributed by atoms with Crippen molar-refractivity contribution in [2.24, 2.45) is 5.92 Å². The van der Waals surface area contributed by atoms with Crippen LogP contribution in [-0.2, 0) is 17.5 Å². The van der Waals surface area contributed by atoms with Crippen LogP contribution in [0.1, 0.15) is 29.5 Å². The van der Waals surface area contributed by atoms with E-state index in [1.165, 1.54) is 41.3 Å². The SMILES string of the molecule is N#Cc1ccc(N(Cc2ccc(F)cc2)C(=O)CNCC2CC2)cc1C(F)(F)F. The number of carbonyl (C=O) groups is 1. The minimum atomic E-state index is -4.73. The zero-order chi connectivity index (χ0) is 21.0. The van der Waals surface area contributed by atoms with Gasteiger partial charge in [-0.3, -0.25) is 4.79 Å². The second kappa shape index (κ2) is 8.62. The van der Waals surface area contributed by atoms with Crippen LogP contribution in [0.2, 0.25) is 0 Å². The molecule has 1 aliphatic rings. The Bertz CT molecular complexity index is 915. The van der Waals surface area contributed by atoms with Crippen molar-refractivity contribution in [3.63, 3.8) is 0 Å². The number of carbonyl (C=O) groups excluding carboxylic acids is 1. The maximum atomic E-state index is 13.3. The van der Waals surface area contributed by atoms with E-state index in [0.29, 0.717) is 18.0 Å². The minimum Gasteiger partial charge on any atom is -0.308 e. The quantitative estimate of drug-likeness (QED) is 0.701. The van der Waals surface area contributed by atoms with Crippen molar-refractivity contribution in [1.29, 1.82) is 5.26 Å². The van der Waals surface area contributed by atoms with Crippen LogP contribution in [0.25, 0.3) is 0 Å². The van der Waals surface area contributed by atoms with Gasteiger partial charge in [0, 0.05) is 5.69 Å². The van der Waals surface area contributed by atoms with Crippen LogP contribution in [0.4, 0.5) is 23.2 Å². The lowest BCUT2D eigenvalue weighted by atomic mass is 10.1. The van der Waals surface area contributed by atoms with Crippen molar-refractivity contribution in [1.82, 2.24) is 5.32 Å². The van der Waals surface area contributed by atoms with E-state index in [4.69, 9.17) is 5.26 Å².